The molecule has 1 aromatic carbocycles. The summed E-state index contributed by atoms with van der Waals surface area (Å²) in [5, 5.41) is 21.2. The standard InChI is InChI=1S/C17H20N2O6S/c1-16(2)12(13(22)23)19-14(24)17(9-20,15(19)26-16)18-11(21)8-25-10-6-4-3-5-7-10/h3-7,12,15,20H,8-9H2,1-2H3,(H,18,21)(H,22,23)/t12-,15+,17?/m0/s1. The number of aliphatic carboxylic acids is 1. The summed E-state index contributed by atoms with van der Waals surface area (Å²) in [4.78, 5) is 37.7. The third-order valence-electron chi connectivity index (χ3n) is 4.60. The predicted octanol–water partition coefficient (Wildman–Crippen LogP) is 0.0596. The van der Waals surface area contributed by atoms with Gasteiger partial charge in [-0.1, -0.05) is 18.2 Å². The number of nitrogens with one attached hydrogen (secondary N) is 1. The number of aliphatic hydroxyl groups excluding tert-OH is 1. The molecule has 0 saturated carbocycles. The number of fused-ring (bicyclic) bond motifs is 1. The van der Waals surface area contributed by atoms with Crippen molar-refractivity contribution in [1.29, 1.82) is 0 Å². The Bertz CT molecular complexity index is 740. The Morgan fingerprint density at radius 3 is 2.54 bits per heavy atom. The second-order valence-electron chi connectivity index (χ2n) is 6.81. The van der Waals surface area contributed by atoms with Gasteiger partial charge in [0.2, 0.25) is 0 Å². The van der Waals surface area contributed by atoms with Gasteiger partial charge in [0.25, 0.3) is 11.8 Å². The summed E-state index contributed by atoms with van der Waals surface area (Å²) < 4.78 is 4.61. The number of hydrogen-bond donors (Lipinski definition) is 3. The van der Waals surface area contributed by atoms with Crippen LogP contribution < -0.4 is 10.1 Å². The molecule has 2 amide bonds. The second kappa shape index (κ2) is 6.48. The lowest BCUT2D eigenvalue weighted by Gasteiger charge is -2.52. The Hall–Kier alpha value is -2.26. The quantitative estimate of drug-likeness (QED) is 0.598. The molecule has 2 saturated heterocycles. The van der Waals surface area contributed by atoms with Crippen molar-refractivity contribution in [3.05, 3.63) is 30.3 Å². The largest absolute Gasteiger partial charge is 0.484 e. The van der Waals surface area contributed by atoms with Gasteiger partial charge in [-0.15, -0.1) is 11.8 Å². The molecule has 0 aliphatic carbocycles. The number of benzene rings is 1. The number of hydrogen-bond acceptors (Lipinski definition) is 6. The smallest absolute Gasteiger partial charge is 0.327 e. The van der Waals surface area contributed by atoms with Crippen molar-refractivity contribution in [3.8, 4) is 5.75 Å². The molecule has 0 aromatic heterocycles. The molecule has 3 atom stereocenters. The maximum Gasteiger partial charge on any atom is 0.327 e. The minimum atomic E-state index is -1.52. The van der Waals surface area contributed by atoms with Gasteiger partial charge in [0.05, 0.1) is 6.61 Å². The van der Waals surface area contributed by atoms with Gasteiger partial charge in [-0.05, 0) is 26.0 Å². The van der Waals surface area contributed by atoms with Crippen LogP contribution in [0.3, 0.4) is 0 Å². The van der Waals surface area contributed by atoms with E-state index in [0.29, 0.717) is 5.75 Å². The van der Waals surface area contributed by atoms with E-state index in [1.165, 1.54) is 16.7 Å². The first kappa shape index (κ1) is 18.5. The SMILES string of the molecule is CC1(C)S[C@H]2N(C(=O)C2(CO)NC(=O)COc2ccccc2)[C@H]1C(=O)O. The maximum atomic E-state index is 12.6. The molecule has 1 aromatic rings. The number of carbonyl (C=O) groups excluding carboxylic acids is 2. The van der Waals surface area contributed by atoms with Crippen LogP contribution >= 0.6 is 11.8 Å². The number of nitrogens with zero attached hydrogens (tertiary/aromatic N) is 1. The number of β-lactam (4-membered cyclic amide) rings is 1. The molecule has 2 aliphatic rings. The fourth-order valence-electron chi connectivity index (χ4n) is 3.38. The Morgan fingerprint density at radius 2 is 1.96 bits per heavy atom. The summed E-state index contributed by atoms with van der Waals surface area (Å²) in [6.45, 7) is 2.52. The highest BCUT2D eigenvalue weighted by Gasteiger charge is 2.71. The first-order chi connectivity index (χ1) is 12.2. The number of amides is 2. The van der Waals surface area contributed by atoms with E-state index in [1.807, 2.05) is 6.07 Å². The van der Waals surface area contributed by atoms with E-state index in [2.05, 4.69) is 5.32 Å². The highest BCUT2D eigenvalue weighted by atomic mass is 32.2. The van der Waals surface area contributed by atoms with Gasteiger partial charge in [-0.2, -0.15) is 0 Å². The molecule has 2 fully saturated rings. The van der Waals surface area contributed by atoms with E-state index in [9.17, 15) is 24.6 Å². The predicted molar refractivity (Wildman–Crippen MR) is 93.6 cm³/mol. The lowest BCUT2D eigenvalue weighted by Crippen LogP contribution is -2.81. The van der Waals surface area contributed by atoms with Crippen molar-refractivity contribution >= 4 is 29.5 Å². The number of carboxylic acids is 1. The first-order valence-corrected chi connectivity index (χ1v) is 8.94. The summed E-state index contributed by atoms with van der Waals surface area (Å²) in [6.07, 6.45) is 0. The highest BCUT2D eigenvalue weighted by molar-refractivity contribution is 8.01. The van der Waals surface area contributed by atoms with Gasteiger partial charge < -0.3 is 25.2 Å². The number of carbonyl (C=O) groups is 3. The van der Waals surface area contributed by atoms with Crippen LogP contribution in [-0.4, -0.2) is 67.8 Å². The summed E-state index contributed by atoms with van der Waals surface area (Å²) in [6, 6.07) is 7.71. The van der Waals surface area contributed by atoms with Gasteiger partial charge in [0.15, 0.2) is 12.1 Å². The van der Waals surface area contributed by atoms with Crippen LogP contribution in [0.25, 0.3) is 0 Å². The van der Waals surface area contributed by atoms with Crippen LogP contribution in [0.5, 0.6) is 5.75 Å². The minimum Gasteiger partial charge on any atom is -0.484 e. The monoisotopic (exact) mass is 380 g/mol. The number of para-hydroxylation sites is 1. The molecule has 2 heterocycles. The molecule has 1 unspecified atom stereocenters. The summed E-state index contributed by atoms with van der Waals surface area (Å²) in [5.41, 5.74) is -1.52. The van der Waals surface area contributed by atoms with E-state index in [1.54, 1.807) is 38.1 Å². The second-order valence-corrected chi connectivity index (χ2v) is 8.54. The van der Waals surface area contributed by atoms with Gasteiger partial charge >= 0.3 is 5.97 Å². The van der Waals surface area contributed by atoms with Crippen molar-refractivity contribution in [2.75, 3.05) is 13.2 Å². The van der Waals surface area contributed by atoms with Crippen LogP contribution in [0.1, 0.15) is 13.8 Å². The normalized spacial score (nSPS) is 28.9. The number of ether oxygens (including phenoxy) is 1. The topological polar surface area (TPSA) is 116 Å². The van der Waals surface area contributed by atoms with Gasteiger partial charge in [-0.3, -0.25) is 9.59 Å². The lowest BCUT2D eigenvalue weighted by atomic mass is 9.85. The number of thioether (sulfide) groups is 1. The van der Waals surface area contributed by atoms with Crippen LogP contribution in [0.2, 0.25) is 0 Å². The lowest BCUT2D eigenvalue weighted by molar-refractivity contribution is -0.172. The zero-order valence-corrected chi connectivity index (χ0v) is 15.2. The van der Waals surface area contributed by atoms with Crippen LogP contribution in [0.4, 0.5) is 0 Å². The fourth-order valence-corrected chi connectivity index (χ4v) is 5.06. The summed E-state index contributed by atoms with van der Waals surface area (Å²) in [5.74, 6) is -1.76. The number of rotatable bonds is 6. The average molecular weight is 380 g/mol. The van der Waals surface area contributed by atoms with Crippen molar-refractivity contribution in [3.63, 3.8) is 0 Å². The van der Waals surface area contributed by atoms with Crippen LogP contribution in [0.15, 0.2) is 30.3 Å². The first-order valence-electron chi connectivity index (χ1n) is 8.06. The zero-order valence-electron chi connectivity index (χ0n) is 14.3. The van der Waals surface area contributed by atoms with E-state index >= 15 is 0 Å². The minimum absolute atomic E-state index is 0.317. The molecule has 140 valence electrons. The van der Waals surface area contributed by atoms with Gasteiger partial charge in [-0.25, -0.2) is 4.79 Å². The molecular formula is C17H20N2O6S. The van der Waals surface area contributed by atoms with Gasteiger partial charge in [0.1, 0.15) is 17.2 Å². The molecule has 3 N–H and O–H groups in total. The molecule has 2 aliphatic heterocycles. The van der Waals surface area contributed by atoms with Crippen LogP contribution in [0, 0.1) is 0 Å². The maximum absolute atomic E-state index is 12.6. The van der Waals surface area contributed by atoms with Crippen molar-refractivity contribution < 1.29 is 29.3 Å². The Balaban J connectivity index is 1.71. The number of carboxylic acid groups (broad SMARTS) is 1. The summed E-state index contributed by atoms with van der Waals surface area (Å²) in [7, 11) is 0. The van der Waals surface area contributed by atoms with E-state index < -0.39 is 46.1 Å². The molecule has 8 nitrogen and oxygen atoms in total. The zero-order chi connectivity index (χ0) is 19.1. The number of aliphatic hydroxyl groups is 1. The Labute approximate surface area is 154 Å². The average Bonchev–Trinajstić information content (AvgIpc) is 2.88. The Morgan fingerprint density at radius 1 is 1.31 bits per heavy atom. The highest BCUT2D eigenvalue weighted by Crippen LogP contribution is 2.54. The molecular weight excluding hydrogens is 360 g/mol. The molecule has 26 heavy (non-hydrogen) atoms. The van der Waals surface area contributed by atoms with Crippen LogP contribution in [-0.2, 0) is 14.4 Å². The van der Waals surface area contributed by atoms with E-state index in [4.69, 9.17) is 4.74 Å². The molecule has 0 bridgehead atoms. The third kappa shape index (κ3) is 2.80. The molecule has 9 heteroatoms. The third-order valence-corrected chi connectivity index (χ3v) is 6.28. The molecule has 3 rings (SSSR count). The van der Waals surface area contributed by atoms with E-state index in [-0.39, 0.29) is 6.61 Å². The molecule has 0 radical (unpaired) electrons. The fraction of sp³-hybridized carbons (Fsp3) is 0.471. The van der Waals surface area contributed by atoms with E-state index in [0.717, 1.165) is 0 Å². The van der Waals surface area contributed by atoms with Crippen molar-refractivity contribution in [2.45, 2.75) is 35.5 Å². The van der Waals surface area contributed by atoms with Crippen molar-refractivity contribution in [1.82, 2.24) is 10.2 Å². The van der Waals surface area contributed by atoms with Crippen molar-refractivity contribution in [2.24, 2.45) is 0 Å². The Kier molecular flexibility index (Phi) is 4.61. The molecule has 0 spiro atoms. The summed E-state index contributed by atoms with van der Waals surface area (Å²) >= 11 is 1.25. The van der Waals surface area contributed by atoms with Gasteiger partial charge in [0, 0.05) is 4.75 Å².